The van der Waals surface area contributed by atoms with Crippen molar-refractivity contribution in [1.82, 2.24) is 0 Å². The van der Waals surface area contributed by atoms with E-state index in [9.17, 15) is 9.59 Å². The molecule has 0 bridgehead atoms. The monoisotopic (exact) mass is 289 g/mol. The van der Waals surface area contributed by atoms with Gasteiger partial charge < -0.3 is 10.0 Å². The summed E-state index contributed by atoms with van der Waals surface area (Å²) < 4.78 is 0. The molecule has 0 spiro atoms. The van der Waals surface area contributed by atoms with E-state index in [-0.39, 0.29) is 17.5 Å². The molecule has 1 aromatic rings. The Morgan fingerprint density at radius 3 is 2.50 bits per heavy atom. The normalized spacial score (nSPS) is 12.0. The average Bonchev–Trinajstić information content (AvgIpc) is 2.29. The van der Waals surface area contributed by atoms with E-state index >= 15 is 0 Å². The van der Waals surface area contributed by atoms with Crippen LogP contribution in [-0.4, -0.2) is 23.5 Å². The van der Waals surface area contributed by atoms with Crippen molar-refractivity contribution in [2.45, 2.75) is 13.8 Å². The van der Waals surface area contributed by atoms with Crippen molar-refractivity contribution in [2.75, 3.05) is 11.4 Å². The Hall–Kier alpha value is -1.26. The predicted octanol–water partition coefficient (Wildman–Crippen LogP) is 3.07. The molecule has 6 heteroatoms. The Morgan fingerprint density at radius 1 is 1.39 bits per heavy atom. The zero-order valence-corrected chi connectivity index (χ0v) is 11.5. The minimum absolute atomic E-state index is 0.0464. The second-order valence-corrected chi connectivity index (χ2v) is 4.73. The lowest BCUT2D eigenvalue weighted by Gasteiger charge is -2.24. The van der Waals surface area contributed by atoms with Crippen LogP contribution in [0.2, 0.25) is 10.0 Å². The third kappa shape index (κ3) is 3.37. The molecule has 0 aliphatic heterocycles. The number of carboxylic acids is 1. The van der Waals surface area contributed by atoms with E-state index in [4.69, 9.17) is 28.3 Å². The summed E-state index contributed by atoms with van der Waals surface area (Å²) in [6, 6.07) is 4.89. The van der Waals surface area contributed by atoms with Gasteiger partial charge in [-0.25, -0.2) is 0 Å². The lowest BCUT2D eigenvalue weighted by atomic mass is 10.1. The number of halogens is 2. The van der Waals surface area contributed by atoms with Crippen LogP contribution in [0.25, 0.3) is 0 Å². The topological polar surface area (TPSA) is 57.6 Å². The van der Waals surface area contributed by atoms with E-state index in [0.29, 0.717) is 10.7 Å². The van der Waals surface area contributed by atoms with Gasteiger partial charge in [0.1, 0.15) is 0 Å². The van der Waals surface area contributed by atoms with Gasteiger partial charge in [-0.15, -0.1) is 0 Å². The van der Waals surface area contributed by atoms with E-state index < -0.39 is 11.9 Å². The summed E-state index contributed by atoms with van der Waals surface area (Å²) in [7, 11) is 0. The molecule has 0 heterocycles. The average molecular weight is 290 g/mol. The van der Waals surface area contributed by atoms with Crippen molar-refractivity contribution in [3.63, 3.8) is 0 Å². The second-order valence-electron chi connectivity index (χ2n) is 3.94. The van der Waals surface area contributed by atoms with E-state index in [1.54, 1.807) is 18.2 Å². The number of rotatable bonds is 4. The number of nitrogens with zero attached hydrogens (tertiary/aromatic N) is 1. The molecule has 0 aromatic heterocycles. The Kier molecular flexibility index (Phi) is 4.99. The number of carbonyl (C=O) groups is 2. The number of carboxylic acid groups (broad SMARTS) is 1. The lowest BCUT2D eigenvalue weighted by molar-refractivity contribution is -0.140. The number of benzene rings is 1. The maximum absolute atomic E-state index is 11.6. The Balaban J connectivity index is 3.09. The Labute approximate surface area is 115 Å². The smallest absolute Gasteiger partial charge is 0.308 e. The predicted molar refractivity (Wildman–Crippen MR) is 71.3 cm³/mol. The first-order valence-corrected chi connectivity index (χ1v) is 6.05. The summed E-state index contributed by atoms with van der Waals surface area (Å²) in [5, 5.41) is 9.45. The molecule has 1 amide bonds. The van der Waals surface area contributed by atoms with E-state index in [1.807, 2.05) is 0 Å². The van der Waals surface area contributed by atoms with Crippen LogP contribution in [0, 0.1) is 5.92 Å². The van der Waals surface area contributed by atoms with Crippen molar-refractivity contribution in [3.8, 4) is 0 Å². The van der Waals surface area contributed by atoms with E-state index in [1.165, 1.54) is 18.7 Å². The SMILES string of the molecule is CC(=O)N(CC(C)C(=O)O)c1cccc(Cl)c1Cl. The van der Waals surface area contributed by atoms with Crippen LogP contribution in [0.5, 0.6) is 0 Å². The molecule has 1 unspecified atom stereocenters. The van der Waals surface area contributed by atoms with Gasteiger partial charge in [0.2, 0.25) is 5.91 Å². The zero-order valence-electron chi connectivity index (χ0n) is 9.98. The van der Waals surface area contributed by atoms with Gasteiger partial charge in [-0.2, -0.15) is 0 Å². The summed E-state index contributed by atoms with van der Waals surface area (Å²) >= 11 is 11.9. The largest absolute Gasteiger partial charge is 0.481 e. The van der Waals surface area contributed by atoms with Crippen LogP contribution < -0.4 is 4.90 Å². The minimum Gasteiger partial charge on any atom is -0.481 e. The first kappa shape index (κ1) is 14.8. The van der Waals surface area contributed by atoms with Crippen LogP contribution in [-0.2, 0) is 9.59 Å². The summed E-state index contributed by atoms with van der Waals surface area (Å²) in [6.07, 6.45) is 0. The highest BCUT2D eigenvalue weighted by Crippen LogP contribution is 2.32. The molecule has 1 rings (SSSR count). The summed E-state index contributed by atoms with van der Waals surface area (Å²) in [4.78, 5) is 23.8. The van der Waals surface area contributed by atoms with E-state index in [0.717, 1.165) is 0 Å². The van der Waals surface area contributed by atoms with Crippen molar-refractivity contribution in [3.05, 3.63) is 28.2 Å². The molecule has 1 N–H and O–H groups in total. The second kappa shape index (κ2) is 6.07. The summed E-state index contributed by atoms with van der Waals surface area (Å²) in [5.41, 5.74) is 0.421. The molecule has 0 radical (unpaired) electrons. The van der Waals surface area contributed by atoms with Crippen molar-refractivity contribution in [2.24, 2.45) is 5.92 Å². The molecule has 0 saturated carbocycles. The fourth-order valence-corrected chi connectivity index (χ4v) is 1.85. The number of hydrogen-bond donors (Lipinski definition) is 1. The maximum atomic E-state index is 11.6. The maximum Gasteiger partial charge on any atom is 0.308 e. The van der Waals surface area contributed by atoms with Crippen LogP contribution in [0.15, 0.2) is 18.2 Å². The number of carbonyl (C=O) groups excluding carboxylic acids is 1. The molecule has 1 atom stereocenters. The molecule has 0 saturated heterocycles. The highest BCUT2D eigenvalue weighted by molar-refractivity contribution is 6.44. The highest BCUT2D eigenvalue weighted by Gasteiger charge is 2.21. The fraction of sp³-hybridized carbons (Fsp3) is 0.333. The molecular formula is C12H13Cl2NO3. The minimum atomic E-state index is -0.973. The van der Waals surface area contributed by atoms with Crippen molar-refractivity contribution in [1.29, 1.82) is 0 Å². The van der Waals surface area contributed by atoms with Crippen molar-refractivity contribution < 1.29 is 14.7 Å². The zero-order chi connectivity index (χ0) is 13.9. The molecule has 0 aliphatic carbocycles. The van der Waals surface area contributed by atoms with Gasteiger partial charge in [0.05, 0.1) is 21.7 Å². The molecule has 0 fully saturated rings. The summed E-state index contributed by atoms with van der Waals surface area (Å²) in [6.45, 7) is 2.92. The summed E-state index contributed by atoms with van der Waals surface area (Å²) in [5.74, 6) is -1.95. The van der Waals surface area contributed by atoms with Gasteiger partial charge in [0.25, 0.3) is 0 Å². The number of aliphatic carboxylic acids is 1. The van der Waals surface area contributed by atoms with Gasteiger partial charge in [0, 0.05) is 13.5 Å². The lowest BCUT2D eigenvalue weighted by Crippen LogP contribution is -2.35. The van der Waals surface area contributed by atoms with Gasteiger partial charge in [-0.05, 0) is 12.1 Å². The van der Waals surface area contributed by atoms with Crippen LogP contribution in [0.1, 0.15) is 13.8 Å². The molecule has 1 aromatic carbocycles. The van der Waals surface area contributed by atoms with Gasteiger partial charge >= 0.3 is 5.97 Å². The van der Waals surface area contributed by atoms with E-state index in [2.05, 4.69) is 0 Å². The van der Waals surface area contributed by atoms with Gasteiger partial charge in [-0.3, -0.25) is 9.59 Å². The quantitative estimate of drug-likeness (QED) is 0.927. The molecular weight excluding hydrogens is 277 g/mol. The van der Waals surface area contributed by atoms with Crippen molar-refractivity contribution >= 4 is 40.8 Å². The first-order chi connectivity index (χ1) is 8.34. The standard InChI is InChI=1S/C12H13Cl2NO3/c1-7(12(17)18)6-15(8(2)16)10-5-3-4-9(13)11(10)14/h3-5,7H,6H2,1-2H3,(H,17,18). The number of amides is 1. The van der Waals surface area contributed by atoms with Gasteiger partial charge in [-0.1, -0.05) is 36.2 Å². The van der Waals surface area contributed by atoms with Crippen LogP contribution >= 0.6 is 23.2 Å². The third-order valence-electron chi connectivity index (χ3n) is 2.48. The van der Waals surface area contributed by atoms with Crippen LogP contribution in [0.3, 0.4) is 0 Å². The Bertz CT molecular complexity index is 476. The van der Waals surface area contributed by atoms with Crippen LogP contribution in [0.4, 0.5) is 5.69 Å². The molecule has 4 nitrogen and oxygen atoms in total. The molecule has 98 valence electrons. The first-order valence-electron chi connectivity index (χ1n) is 5.29. The molecule has 18 heavy (non-hydrogen) atoms. The Morgan fingerprint density at radius 2 is 2.00 bits per heavy atom. The third-order valence-corrected chi connectivity index (χ3v) is 3.29. The number of anilines is 1. The fourth-order valence-electron chi connectivity index (χ4n) is 1.45. The highest BCUT2D eigenvalue weighted by atomic mass is 35.5. The number of hydrogen-bond acceptors (Lipinski definition) is 2. The molecule has 0 aliphatic rings. The van der Waals surface area contributed by atoms with Gasteiger partial charge in [0.15, 0.2) is 0 Å².